The molecule has 0 aromatic heterocycles. The highest BCUT2D eigenvalue weighted by molar-refractivity contribution is 7.89. The maximum atomic E-state index is 12.3. The van der Waals surface area contributed by atoms with Gasteiger partial charge in [0.25, 0.3) is 0 Å². The van der Waals surface area contributed by atoms with E-state index in [9.17, 15) is 13.2 Å². The summed E-state index contributed by atoms with van der Waals surface area (Å²) >= 11 is 0. The van der Waals surface area contributed by atoms with Crippen molar-refractivity contribution in [2.24, 2.45) is 0 Å². The molecule has 0 fully saturated rings. The highest BCUT2D eigenvalue weighted by Gasteiger charge is 2.21. The Morgan fingerprint density at radius 2 is 1.69 bits per heavy atom. The molecule has 0 aliphatic heterocycles. The van der Waals surface area contributed by atoms with Gasteiger partial charge in [-0.25, -0.2) is 8.42 Å². The van der Waals surface area contributed by atoms with Gasteiger partial charge in [0.2, 0.25) is 15.9 Å². The lowest BCUT2D eigenvalue weighted by Gasteiger charge is -2.20. The van der Waals surface area contributed by atoms with Gasteiger partial charge >= 0.3 is 0 Å². The van der Waals surface area contributed by atoms with Crippen molar-refractivity contribution in [1.82, 2.24) is 10.0 Å². The number of sulfonamides is 1. The number of carbonyl (C=O) groups is 1. The maximum Gasteiger partial charge on any atom is 0.241 e. The van der Waals surface area contributed by atoms with Crippen LogP contribution in [0.25, 0.3) is 0 Å². The van der Waals surface area contributed by atoms with Crippen LogP contribution < -0.4 is 14.9 Å². The van der Waals surface area contributed by atoms with Gasteiger partial charge in [-0.05, 0) is 38.1 Å². The number of nitrogens with zero attached hydrogens (tertiary/aromatic N) is 1. The summed E-state index contributed by atoms with van der Waals surface area (Å²) in [6.45, 7) is 4.45. The molecule has 2 rings (SSSR count). The second-order valence-corrected chi connectivity index (χ2v) is 7.92. The van der Waals surface area contributed by atoms with E-state index in [1.54, 1.807) is 12.1 Å². The van der Waals surface area contributed by atoms with Crippen molar-refractivity contribution in [3.05, 3.63) is 60.2 Å². The van der Waals surface area contributed by atoms with E-state index < -0.39 is 16.1 Å². The summed E-state index contributed by atoms with van der Waals surface area (Å²) in [5.74, 6) is -0.359. The van der Waals surface area contributed by atoms with Gasteiger partial charge in [-0.1, -0.05) is 35.9 Å². The lowest BCUT2D eigenvalue weighted by molar-refractivity contribution is -0.122. The zero-order valence-corrected chi connectivity index (χ0v) is 16.1. The Balaban J connectivity index is 1.84. The van der Waals surface area contributed by atoms with Crippen molar-refractivity contribution in [3.8, 4) is 0 Å². The number of hydrogen-bond acceptors (Lipinski definition) is 4. The molecule has 1 amide bonds. The third-order valence-corrected chi connectivity index (χ3v) is 5.56. The maximum absolute atomic E-state index is 12.3. The van der Waals surface area contributed by atoms with Crippen LogP contribution in [0.3, 0.4) is 0 Å². The van der Waals surface area contributed by atoms with Crippen LogP contribution in [0.4, 0.5) is 5.69 Å². The summed E-state index contributed by atoms with van der Waals surface area (Å²) in [4.78, 5) is 14.3. The Morgan fingerprint density at radius 3 is 2.31 bits per heavy atom. The van der Waals surface area contributed by atoms with Crippen LogP contribution in [0, 0.1) is 6.92 Å². The predicted molar refractivity (Wildman–Crippen MR) is 104 cm³/mol. The molecule has 0 saturated carbocycles. The van der Waals surface area contributed by atoms with Crippen molar-refractivity contribution in [1.29, 1.82) is 0 Å². The average Bonchev–Trinajstić information content (AvgIpc) is 2.62. The summed E-state index contributed by atoms with van der Waals surface area (Å²) in [5, 5.41) is 2.76. The molecule has 0 unspecified atom stereocenters. The van der Waals surface area contributed by atoms with Gasteiger partial charge in [0, 0.05) is 25.8 Å². The Bertz CT molecular complexity index is 821. The number of amides is 1. The first-order valence-corrected chi connectivity index (χ1v) is 9.91. The first-order valence-electron chi connectivity index (χ1n) is 8.42. The minimum absolute atomic E-state index is 0.145. The minimum Gasteiger partial charge on any atom is -0.373 e. The van der Waals surface area contributed by atoms with E-state index in [0.29, 0.717) is 13.1 Å². The van der Waals surface area contributed by atoms with E-state index in [0.717, 1.165) is 11.3 Å². The molecule has 0 aliphatic rings. The lowest BCUT2D eigenvalue weighted by atomic mass is 10.2. The van der Waals surface area contributed by atoms with Crippen molar-refractivity contribution < 1.29 is 13.2 Å². The number of rotatable bonds is 8. The van der Waals surface area contributed by atoms with Gasteiger partial charge in [-0.15, -0.1) is 0 Å². The molecule has 0 spiro atoms. The molecule has 6 nitrogen and oxygen atoms in total. The number of carbonyl (C=O) groups excluding carboxylic acids is 1. The fourth-order valence-electron chi connectivity index (χ4n) is 2.38. The smallest absolute Gasteiger partial charge is 0.241 e. The third kappa shape index (κ3) is 5.57. The highest BCUT2D eigenvalue weighted by atomic mass is 32.2. The number of para-hydroxylation sites is 1. The number of aryl methyl sites for hydroxylation is 1. The van der Waals surface area contributed by atoms with Crippen LogP contribution in [0.2, 0.25) is 0 Å². The fraction of sp³-hybridized carbons (Fsp3) is 0.316. The highest BCUT2D eigenvalue weighted by Crippen LogP contribution is 2.11. The summed E-state index contributed by atoms with van der Waals surface area (Å²) in [6, 6.07) is 15.5. The van der Waals surface area contributed by atoms with Crippen molar-refractivity contribution in [2.45, 2.75) is 24.8 Å². The topological polar surface area (TPSA) is 78.5 Å². The molecule has 0 saturated heterocycles. The second-order valence-electron chi connectivity index (χ2n) is 6.20. The van der Waals surface area contributed by atoms with Crippen LogP contribution in [-0.4, -0.2) is 40.5 Å². The molecular formula is C19H25N3O3S. The molecule has 0 heterocycles. The average molecular weight is 375 g/mol. The third-order valence-electron chi connectivity index (χ3n) is 4.00. The van der Waals surface area contributed by atoms with Crippen LogP contribution in [0.1, 0.15) is 12.5 Å². The number of benzene rings is 2. The number of anilines is 1. The summed E-state index contributed by atoms with van der Waals surface area (Å²) in [7, 11) is -1.79. The first kappa shape index (κ1) is 19.9. The molecule has 2 N–H and O–H groups in total. The van der Waals surface area contributed by atoms with E-state index in [-0.39, 0.29) is 10.8 Å². The summed E-state index contributed by atoms with van der Waals surface area (Å²) in [5.41, 5.74) is 2.02. The zero-order chi connectivity index (χ0) is 19.2. The van der Waals surface area contributed by atoms with E-state index in [2.05, 4.69) is 10.0 Å². The van der Waals surface area contributed by atoms with E-state index in [4.69, 9.17) is 0 Å². The van der Waals surface area contributed by atoms with Gasteiger partial charge < -0.3 is 10.2 Å². The van der Waals surface area contributed by atoms with E-state index in [1.807, 2.05) is 49.2 Å². The molecule has 1 atom stereocenters. The molecule has 7 heteroatoms. The summed E-state index contributed by atoms with van der Waals surface area (Å²) in [6.07, 6.45) is 0. The minimum atomic E-state index is -3.73. The lowest BCUT2D eigenvalue weighted by Crippen LogP contribution is -2.46. The number of likely N-dealkylation sites (N-methyl/N-ethyl adjacent to an activating group) is 1. The standard InChI is InChI=1S/C19H25N3O3S/c1-15-9-11-18(12-10-15)26(24,25)21-16(2)19(23)20-13-14-22(3)17-7-5-4-6-8-17/h4-12,16,21H,13-14H2,1-3H3,(H,20,23)/t16-/m0/s1. The Morgan fingerprint density at radius 1 is 1.08 bits per heavy atom. The molecule has 0 radical (unpaired) electrons. The SMILES string of the molecule is Cc1ccc(S(=O)(=O)N[C@@H](C)C(=O)NCCN(C)c2ccccc2)cc1. The van der Waals surface area contributed by atoms with Crippen molar-refractivity contribution in [3.63, 3.8) is 0 Å². The van der Waals surface area contributed by atoms with Gasteiger partial charge in [0.05, 0.1) is 10.9 Å². The Labute approximate surface area is 155 Å². The normalized spacial score (nSPS) is 12.4. The molecule has 0 aliphatic carbocycles. The Hall–Kier alpha value is -2.38. The zero-order valence-electron chi connectivity index (χ0n) is 15.3. The molecule has 26 heavy (non-hydrogen) atoms. The van der Waals surface area contributed by atoms with Gasteiger partial charge in [0.1, 0.15) is 0 Å². The van der Waals surface area contributed by atoms with Gasteiger partial charge in [-0.2, -0.15) is 4.72 Å². The molecule has 0 bridgehead atoms. The monoisotopic (exact) mass is 375 g/mol. The van der Waals surface area contributed by atoms with Crippen LogP contribution in [0.15, 0.2) is 59.5 Å². The van der Waals surface area contributed by atoms with Crippen LogP contribution >= 0.6 is 0 Å². The summed E-state index contributed by atoms with van der Waals surface area (Å²) < 4.78 is 27.1. The van der Waals surface area contributed by atoms with Crippen LogP contribution in [0.5, 0.6) is 0 Å². The molecule has 2 aromatic carbocycles. The molecular weight excluding hydrogens is 350 g/mol. The van der Waals surface area contributed by atoms with E-state index >= 15 is 0 Å². The fourth-order valence-corrected chi connectivity index (χ4v) is 3.59. The Kier molecular flexibility index (Phi) is 6.76. The molecule has 2 aromatic rings. The van der Waals surface area contributed by atoms with Crippen molar-refractivity contribution in [2.75, 3.05) is 25.0 Å². The number of hydrogen-bond donors (Lipinski definition) is 2. The van der Waals surface area contributed by atoms with Gasteiger partial charge in [0.15, 0.2) is 0 Å². The molecule has 140 valence electrons. The second kappa shape index (κ2) is 8.82. The van der Waals surface area contributed by atoms with Crippen molar-refractivity contribution >= 4 is 21.6 Å². The van der Waals surface area contributed by atoms with Gasteiger partial charge in [-0.3, -0.25) is 4.79 Å². The van der Waals surface area contributed by atoms with E-state index in [1.165, 1.54) is 19.1 Å². The first-order chi connectivity index (χ1) is 12.3. The predicted octanol–water partition coefficient (Wildman–Crippen LogP) is 1.91. The number of nitrogens with one attached hydrogen (secondary N) is 2. The quantitative estimate of drug-likeness (QED) is 0.739. The van der Waals surface area contributed by atoms with Crippen LogP contribution in [-0.2, 0) is 14.8 Å². The largest absolute Gasteiger partial charge is 0.373 e.